The van der Waals surface area contributed by atoms with Gasteiger partial charge < -0.3 is 0 Å². The van der Waals surface area contributed by atoms with E-state index >= 15 is 0 Å². The van der Waals surface area contributed by atoms with Crippen LogP contribution < -0.4 is 0 Å². The molecule has 0 aromatic heterocycles. The second-order valence-electron chi connectivity index (χ2n) is 1.26. The van der Waals surface area contributed by atoms with E-state index in [2.05, 4.69) is 0 Å². The van der Waals surface area contributed by atoms with Crippen LogP contribution in [-0.2, 0) is 4.79 Å². The molecule has 0 spiro atoms. The van der Waals surface area contributed by atoms with Gasteiger partial charge in [0, 0.05) is 0 Å². The Labute approximate surface area is 40.3 Å². The molecule has 0 heterocycles. The van der Waals surface area contributed by atoms with E-state index in [0.29, 0.717) is 0 Å². The third-order valence-corrected chi connectivity index (χ3v) is 0.569. The highest BCUT2D eigenvalue weighted by molar-refractivity contribution is 5.56. The molecule has 3 heteroatoms. The second-order valence-corrected chi connectivity index (χ2v) is 1.26. The molecule has 0 rings (SSSR count). The average molecular weight is 108 g/mol. The zero-order valence-corrected chi connectivity index (χ0v) is 3.90. The first-order chi connectivity index (χ1) is 3.18. The first-order valence-corrected chi connectivity index (χ1v) is 1.92. The van der Waals surface area contributed by atoms with E-state index in [9.17, 15) is 13.6 Å². The average Bonchev–Trinajstić information content (AvgIpc) is 1.65. The van der Waals surface area contributed by atoms with Gasteiger partial charge in [0.05, 0.1) is 0 Å². The molecule has 0 saturated carbocycles. The summed E-state index contributed by atoms with van der Waals surface area (Å²) in [5, 5.41) is 0. The maximum atomic E-state index is 11.5. The van der Waals surface area contributed by atoms with E-state index in [4.69, 9.17) is 0 Å². The Bertz CT molecular complexity index is 62.7. The lowest BCUT2D eigenvalue weighted by atomic mass is 10.3. The molecular weight excluding hydrogens is 102 g/mol. The van der Waals surface area contributed by atoms with Crippen molar-refractivity contribution in [3.8, 4) is 0 Å². The van der Waals surface area contributed by atoms with Crippen LogP contribution in [0.5, 0.6) is 0 Å². The molecule has 0 saturated heterocycles. The molecule has 2 unspecified atom stereocenters. The lowest BCUT2D eigenvalue weighted by molar-refractivity contribution is -0.113. The van der Waals surface area contributed by atoms with E-state index in [1.54, 1.807) is 0 Å². The van der Waals surface area contributed by atoms with Gasteiger partial charge in [0.15, 0.2) is 12.5 Å². The minimum absolute atomic E-state index is 0.0509. The predicted molar refractivity (Wildman–Crippen MR) is 21.5 cm³/mol. The largest absolute Gasteiger partial charge is 0.300 e. The molecule has 0 aliphatic carbocycles. The Morgan fingerprint density at radius 2 is 2.00 bits per heavy atom. The molecule has 0 bridgehead atoms. The monoisotopic (exact) mass is 108 g/mol. The first-order valence-electron chi connectivity index (χ1n) is 1.92. The van der Waals surface area contributed by atoms with E-state index in [1.165, 1.54) is 0 Å². The Balaban J connectivity index is 3.33. The van der Waals surface area contributed by atoms with Crippen molar-refractivity contribution in [2.75, 3.05) is 0 Å². The van der Waals surface area contributed by atoms with Gasteiger partial charge in [0.1, 0.15) is 6.17 Å². The molecule has 0 aliphatic heterocycles. The van der Waals surface area contributed by atoms with Crippen molar-refractivity contribution in [2.24, 2.45) is 0 Å². The van der Waals surface area contributed by atoms with Crippen molar-refractivity contribution in [1.82, 2.24) is 0 Å². The molecule has 42 valence electrons. The van der Waals surface area contributed by atoms with Crippen LogP contribution in [0.4, 0.5) is 8.78 Å². The number of alkyl halides is 2. The van der Waals surface area contributed by atoms with Crippen molar-refractivity contribution in [2.45, 2.75) is 19.3 Å². The van der Waals surface area contributed by atoms with Gasteiger partial charge in [-0.15, -0.1) is 0 Å². The highest BCUT2D eigenvalue weighted by atomic mass is 19.2. The fraction of sp³-hybridized carbons (Fsp3) is 0.750. The number of aldehydes is 1. The van der Waals surface area contributed by atoms with Gasteiger partial charge in [-0.2, -0.15) is 0 Å². The maximum Gasteiger partial charge on any atom is 0.186 e. The highest BCUT2D eigenvalue weighted by Gasteiger charge is 2.11. The van der Waals surface area contributed by atoms with Crippen molar-refractivity contribution < 1.29 is 13.6 Å². The molecule has 0 aliphatic rings. The quantitative estimate of drug-likeness (QED) is 0.480. The minimum atomic E-state index is -1.94. The Morgan fingerprint density at radius 1 is 1.57 bits per heavy atom. The molecule has 0 aromatic carbocycles. The summed E-state index contributed by atoms with van der Waals surface area (Å²) in [6.07, 6.45) is -3.66. The third-order valence-electron chi connectivity index (χ3n) is 0.569. The lowest BCUT2D eigenvalue weighted by Crippen LogP contribution is -2.13. The number of halogens is 2. The number of hydrogen-bond donors (Lipinski definition) is 0. The standard InChI is InChI=1S/C4H6F2O/c1-3(5)4(6)2-7/h2-4H,1H3. The molecule has 2 atom stereocenters. The molecule has 1 nitrogen and oxygen atoms in total. The molecule has 0 aromatic rings. The third kappa shape index (κ3) is 2.25. The van der Waals surface area contributed by atoms with Gasteiger partial charge in [-0.05, 0) is 6.92 Å². The van der Waals surface area contributed by atoms with Crippen LogP contribution in [0.2, 0.25) is 0 Å². The summed E-state index contributed by atoms with van der Waals surface area (Å²) < 4.78 is 23.0. The van der Waals surface area contributed by atoms with Crippen LogP contribution >= 0.6 is 0 Å². The van der Waals surface area contributed by atoms with Gasteiger partial charge in [0.2, 0.25) is 0 Å². The van der Waals surface area contributed by atoms with Crippen LogP contribution in [0.1, 0.15) is 6.92 Å². The topological polar surface area (TPSA) is 17.1 Å². The summed E-state index contributed by atoms with van der Waals surface area (Å²) in [6, 6.07) is 0. The van der Waals surface area contributed by atoms with Crippen LogP contribution in [0.3, 0.4) is 0 Å². The number of carbonyl (C=O) groups is 1. The predicted octanol–water partition coefficient (Wildman–Crippen LogP) is 0.881. The van der Waals surface area contributed by atoms with E-state index in [0.717, 1.165) is 6.92 Å². The maximum absolute atomic E-state index is 11.5. The lowest BCUT2D eigenvalue weighted by Gasteiger charge is -1.96. The molecule has 0 N–H and O–H groups in total. The summed E-state index contributed by atoms with van der Waals surface area (Å²) in [7, 11) is 0. The summed E-state index contributed by atoms with van der Waals surface area (Å²) in [5.41, 5.74) is 0. The van der Waals surface area contributed by atoms with Crippen molar-refractivity contribution in [3.05, 3.63) is 0 Å². The van der Waals surface area contributed by atoms with Crippen LogP contribution in [0.15, 0.2) is 0 Å². The number of hydrogen-bond acceptors (Lipinski definition) is 1. The zero-order chi connectivity index (χ0) is 5.86. The van der Waals surface area contributed by atoms with Crippen molar-refractivity contribution in [1.29, 1.82) is 0 Å². The fourth-order valence-electron chi connectivity index (χ4n) is 0.108. The Hall–Kier alpha value is -0.470. The fourth-order valence-corrected chi connectivity index (χ4v) is 0.108. The normalized spacial score (nSPS) is 18.1. The van der Waals surface area contributed by atoms with Gasteiger partial charge in [-0.25, -0.2) is 8.78 Å². The van der Waals surface area contributed by atoms with Crippen molar-refractivity contribution >= 4 is 6.29 Å². The van der Waals surface area contributed by atoms with Crippen LogP contribution in [-0.4, -0.2) is 18.6 Å². The molecule has 7 heavy (non-hydrogen) atoms. The van der Waals surface area contributed by atoms with E-state index in [1.807, 2.05) is 0 Å². The van der Waals surface area contributed by atoms with Gasteiger partial charge in [0.25, 0.3) is 0 Å². The highest BCUT2D eigenvalue weighted by Crippen LogP contribution is 1.97. The van der Waals surface area contributed by atoms with Gasteiger partial charge >= 0.3 is 0 Å². The molecule has 0 fully saturated rings. The zero-order valence-electron chi connectivity index (χ0n) is 3.90. The summed E-state index contributed by atoms with van der Waals surface area (Å²) in [6.45, 7) is 0.999. The van der Waals surface area contributed by atoms with Gasteiger partial charge in [-0.3, -0.25) is 4.79 Å². The van der Waals surface area contributed by atoms with Crippen LogP contribution in [0, 0.1) is 0 Å². The van der Waals surface area contributed by atoms with Crippen molar-refractivity contribution in [3.63, 3.8) is 0 Å². The Morgan fingerprint density at radius 3 is 2.00 bits per heavy atom. The smallest absolute Gasteiger partial charge is 0.186 e. The molecular formula is C4H6F2O. The molecule has 0 amide bonds. The number of rotatable bonds is 2. The summed E-state index contributed by atoms with van der Waals surface area (Å²) in [5.74, 6) is 0. The van der Waals surface area contributed by atoms with E-state index < -0.39 is 12.3 Å². The van der Waals surface area contributed by atoms with Crippen LogP contribution in [0.25, 0.3) is 0 Å². The van der Waals surface area contributed by atoms with Gasteiger partial charge in [-0.1, -0.05) is 0 Å². The molecule has 0 radical (unpaired) electrons. The second kappa shape index (κ2) is 2.66. The SMILES string of the molecule is CC(F)C(F)C=O. The summed E-state index contributed by atoms with van der Waals surface area (Å²) in [4.78, 5) is 9.33. The van der Waals surface area contributed by atoms with E-state index in [-0.39, 0.29) is 6.29 Å². The number of carbonyl (C=O) groups excluding carboxylic acids is 1. The Kier molecular flexibility index (Phi) is 2.48. The minimum Gasteiger partial charge on any atom is -0.300 e. The first kappa shape index (κ1) is 6.53. The summed E-state index contributed by atoms with van der Waals surface area (Å²) >= 11 is 0.